The van der Waals surface area contributed by atoms with Crippen LogP contribution in [0.3, 0.4) is 0 Å². The van der Waals surface area contributed by atoms with E-state index in [-0.39, 0.29) is 18.1 Å². The lowest BCUT2D eigenvalue weighted by Gasteiger charge is -2.11. The summed E-state index contributed by atoms with van der Waals surface area (Å²) in [5.74, 6) is 0.495. The number of hydrogen-bond donors (Lipinski definition) is 1. The molecule has 1 aromatic carbocycles. The maximum atomic E-state index is 12.9. The Kier molecular flexibility index (Phi) is 5.30. The molecule has 3 heterocycles. The highest BCUT2D eigenvalue weighted by molar-refractivity contribution is 9.10. The molecule has 0 radical (unpaired) electrons. The molecule has 3 aromatic rings. The van der Waals surface area contributed by atoms with Crippen LogP contribution in [0, 0.1) is 20.8 Å². The van der Waals surface area contributed by atoms with Crippen LogP contribution in [0.1, 0.15) is 28.1 Å². The van der Waals surface area contributed by atoms with Crippen molar-refractivity contribution in [2.45, 2.75) is 27.3 Å². The van der Waals surface area contributed by atoms with Gasteiger partial charge in [0.25, 0.3) is 5.91 Å². The number of imide groups is 1. The summed E-state index contributed by atoms with van der Waals surface area (Å²) in [6.07, 6.45) is 3.51. The lowest BCUT2D eigenvalue weighted by Crippen LogP contribution is -2.30. The Morgan fingerprint density at radius 1 is 1.07 bits per heavy atom. The number of urea groups is 1. The van der Waals surface area contributed by atoms with Gasteiger partial charge in [-0.1, -0.05) is 28.1 Å². The molecule has 4 rings (SSSR count). The largest absolute Gasteiger partial charge is 0.329 e. The van der Waals surface area contributed by atoms with Gasteiger partial charge in [0.05, 0.1) is 6.54 Å². The molecule has 152 valence electrons. The molecule has 1 saturated heterocycles. The van der Waals surface area contributed by atoms with Crippen molar-refractivity contribution in [1.29, 1.82) is 0 Å². The monoisotopic (exact) mass is 464 g/mol. The molecular weight excluding hydrogens is 444 g/mol. The maximum absolute atomic E-state index is 12.9. The van der Waals surface area contributed by atoms with E-state index >= 15 is 0 Å². The van der Waals surface area contributed by atoms with E-state index in [0.717, 1.165) is 38.4 Å². The highest BCUT2D eigenvalue weighted by atomic mass is 79.9. The fraction of sp³-hybridized carbons (Fsp3) is 0.174. The van der Waals surface area contributed by atoms with E-state index in [1.165, 1.54) is 4.90 Å². The number of halogens is 1. The first-order valence-corrected chi connectivity index (χ1v) is 10.3. The average molecular weight is 465 g/mol. The second kappa shape index (κ2) is 7.91. The Balaban J connectivity index is 1.62. The molecule has 7 heteroatoms. The summed E-state index contributed by atoms with van der Waals surface area (Å²) < 4.78 is 2.99. The van der Waals surface area contributed by atoms with Gasteiger partial charge in [0.15, 0.2) is 0 Å². The van der Waals surface area contributed by atoms with Gasteiger partial charge in [-0.2, -0.15) is 0 Å². The second-order valence-corrected chi connectivity index (χ2v) is 8.27. The molecule has 0 unspecified atom stereocenters. The number of pyridine rings is 1. The minimum absolute atomic E-state index is 0.224. The predicted octanol–water partition coefficient (Wildman–Crippen LogP) is 4.65. The molecule has 6 nitrogen and oxygen atoms in total. The van der Waals surface area contributed by atoms with Crippen molar-refractivity contribution >= 4 is 33.9 Å². The van der Waals surface area contributed by atoms with Gasteiger partial charge in [-0.05, 0) is 73.9 Å². The van der Waals surface area contributed by atoms with Crippen molar-refractivity contribution in [3.05, 3.63) is 86.9 Å². The number of hydrogen-bond acceptors (Lipinski definition) is 3. The van der Waals surface area contributed by atoms with Crippen LogP contribution in [0.15, 0.2) is 58.8 Å². The summed E-state index contributed by atoms with van der Waals surface area (Å²) in [5, 5.41) is 2.70. The van der Waals surface area contributed by atoms with E-state index < -0.39 is 6.03 Å². The molecule has 0 spiro atoms. The van der Waals surface area contributed by atoms with E-state index in [1.807, 2.05) is 67.8 Å². The second-order valence-electron chi connectivity index (χ2n) is 7.36. The van der Waals surface area contributed by atoms with Gasteiger partial charge in [0.1, 0.15) is 11.5 Å². The van der Waals surface area contributed by atoms with Crippen molar-refractivity contribution in [3.8, 4) is 5.82 Å². The molecule has 0 bridgehead atoms. The smallest absolute Gasteiger partial charge is 0.303 e. The molecule has 1 N–H and O–H groups in total. The Labute approximate surface area is 183 Å². The lowest BCUT2D eigenvalue weighted by molar-refractivity contribution is -0.123. The number of carbonyl (C=O) groups excluding carboxylic acids is 2. The van der Waals surface area contributed by atoms with Crippen LogP contribution in [0.5, 0.6) is 0 Å². The molecule has 1 aliphatic rings. The summed E-state index contributed by atoms with van der Waals surface area (Å²) in [4.78, 5) is 30.9. The summed E-state index contributed by atoms with van der Waals surface area (Å²) in [7, 11) is 0. The van der Waals surface area contributed by atoms with Gasteiger partial charge in [-0.3, -0.25) is 9.69 Å². The molecule has 0 aliphatic carbocycles. The molecular formula is C23H21BrN4O2. The van der Waals surface area contributed by atoms with Crippen molar-refractivity contribution < 1.29 is 9.59 Å². The number of carbonyl (C=O) groups is 2. The molecule has 2 aromatic heterocycles. The van der Waals surface area contributed by atoms with Crippen LogP contribution in [0.25, 0.3) is 11.9 Å². The van der Waals surface area contributed by atoms with Gasteiger partial charge in [0.2, 0.25) is 0 Å². The first kappa shape index (κ1) is 20.1. The van der Waals surface area contributed by atoms with Gasteiger partial charge in [-0.25, -0.2) is 9.78 Å². The third-order valence-corrected chi connectivity index (χ3v) is 5.65. The highest BCUT2D eigenvalue weighted by Crippen LogP contribution is 2.24. The van der Waals surface area contributed by atoms with Crippen LogP contribution >= 0.6 is 15.9 Å². The third kappa shape index (κ3) is 3.80. The first-order chi connectivity index (χ1) is 14.3. The Morgan fingerprint density at radius 3 is 2.50 bits per heavy atom. The SMILES string of the molecule is Cc1ccnc(-n2c(C)cc(C=C3NC(=O)N(Cc4ccc(Br)cc4)C3=O)c2C)c1. The number of aromatic nitrogens is 2. The topological polar surface area (TPSA) is 67.2 Å². The van der Waals surface area contributed by atoms with E-state index in [9.17, 15) is 9.59 Å². The summed E-state index contributed by atoms with van der Waals surface area (Å²) in [5.41, 5.74) is 5.09. The molecule has 0 atom stereocenters. The fourth-order valence-electron chi connectivity index (χ4n) is 3.57. The van der Waals surface area contributed by atoms with Crippen LogP contribution in [-0.2, 0) is 11.3 Å². The minimum atomic E-state index is -0.414. The van der Waals surface area contributed by atoms with Crippen LogP contribution in [0.2, 0.25) is 0 Å². The third-order valence-electron chi connectivity index (χ3n) is 5.12. The van der Waals surface area contributed by atoms with Crippen molar-refractivity contribution in [3.63, 3.8) is 0 Å². The van der Waals surface area contributed by atoms with Crippen LogP contribution < -0.4 is 5.32 Å². The zero-order valence-electron chi connectivity index (χ0n) is 16.9. The highest BCUT2D eigenvalue weighted by Gasteiger charge is 2.33. The van der Waals surface area contributed by atoms with Gasteiger partial charge >= 0.3 is 6.03 Å². The Morgan fingerprint density at radius 2 is 1.80 bits per heavy atom. The number of aryl methyl sites for hydroxylation is 2. The molecule has 3 amide bonds. The zero-order valence-corrected chi connectivity index (χ0v) is 18.5. The number of nitrogens with zero attached hydrogens (tertiary/aromatic N) is 3. The van der Waals surface area contributed by atoms with Gasteiger partial charge in [0, 0.05) is 22.1 Å². The zero-order chi connectivity index (χ0) is 21.4. The summed E-state index contributed by atoms with van der Waals surface area (Å²) in [6, 6.07) is 13.1. The number of rotatable bonds is 4. The molecule has 0 saturated carbocycles. The van der Waals surface area contributed by atoms with E-state index in [4.69, 9.17) is 0 Å². The number of benzene rings is 1. The number of nitrogens with one attached hydrogen (secondary N) is 1. The predicted molar refractivity (Wildman–Crippen MR) is 119 cm³/mol. The van der Waals surface area contributed by atoms with E-state index in [1.54, 1.807) is 12.3 Å². The fourth-order valence-corrected chi connectivity index (χ4v) is 3.84. The van der Waals surface area contributed by atoms with Crippen molar-refractivity contribution in [1.82, 2.24) is 19.8 Å². The number of amides is 3. The Bertz CT molecular complexity index is 1180. The molecule has 1 aliphatic heterocycles. The minimum Gasteiger partial charge on any atom is -0.303 e. The normalized spacial score (nSPS) is 15.2. The standard InChI is InChI=1S/C23H21BrN4O2/c1-14-8-9-25-21(10-14)28-15(2)11-18(16(28)3)12-20-22(29)27(23(30)26-20)13-17-4-6-19(24)7-5-17/h4-12H,13H2,1-3H3,(H,26,30). The van der Waals surface area contributed by atoms with Crippen LogP contribution in [0.4, 0.5) is 4.79 Å². The van der Waals surface area contributed by atoms with Crippen LogP contribution in [-0.4, -0.2) is 26.4 Å². The lowest BCUT2D eigenvalue weighted by atomic mass is 10.2. The summed E-state index contributed by atoms with van der Waals surface area (Å²) >= 11 is 3.39. The molecule has 1 fully saturated rings. The van der Waals surface area contributed by atoms with E-state index in [2.05, 4.69) is 26.2 Å². The quantitative estimate of drug-likeness (QED) is 0.451. The van der Waals surface area contributed by atoms with Gasteiger partial charge in [-0.15, -0.1) is 0 Å². The summed E-state index contributed by atoms with van der Waals surface area (Å²) in [6.45, 7) is 6.22. The average Bonchev–Trinajstić information content (AvgIpc) is 3.13. The van der Waals surface area contributed by atoms with E-state index in [0.29, 0.717) is 0 Å². The van der Waals surface area contributed by atoms with Gasteiger partial charge < -0.3 is 9.88 Å². The Hall–Kier alpha value is -3.19. The first-order valence-electron chi connectivity index (χ1n) is 9.54. The van der Waals surface area contributed by atoms with Crippen molar-refractivity contribution in [2.24, 2.45) is 0 Å². The maximum Gasteiger partial charge on any atom is 0.329 e. The van der Waals surface area contributed by atoms with Crippen molar-refractivity contribution in [2.75, 3.05) is 0 Å². The molecule has 30 heavy (non-hydrogen) atoms.